The van der Waals surface area contributed by atoms with Crippen LogP contribution in [0.1, 0.15) is 41.0 Å². The number of hydrogen-bond donors (Lipinski definition) is 1. The molecule has 0 aromatic rings. The van der Waals surface area contributed by atoms with Gasteiger partial charge in [-0.05, 0) is 19.3 Å². The van der Waals surface area contributed by atoms with Crippen molar-refractivity contribution in [2.24, 2.45) is 10.4 Å². The van der Waals surface area contributed by atoms with E-state index in [4.69, 9.17) is 0 Å². The van der Waals surface area contributed by atoms with E-state index in [-0.39, 0.29) is 11.3 Å². The molecule has 3 heteroatoms. The van der Waals surface area contributed by atoms with Crippen LogP contribution in [0, 0.1) is 5.41 Å². The summed E-state index contributed by atoms with van der Waals surface area (Å²) in [4.78, 5) is 15.7. The Labute approximate surface area is 79.6 Å². The van der Waals surface area contributed by atoms with Crippen LogP contribution >= 0.6 is 0 Å². The molecular weight excluding hydrogens is 164 g/mol. The Bertz CT molecular complexity index is 259. The Morgan fingerprint density at radius 3 is 2.23 bits per heavy atom. The van der Waals surface area contributed by atoms with Crippen LogP contribution in [-0.2, 0) is 4.79 Å². The zero-order valence-corrected chi connectivity index (χ0v) is 9.06. The van der Waals surface area contributed by atoms with Crippen molar-refractivity contribution in [2.75, 3.05) is 0 Å². The lowest BCUT2D eigenvalue weighted by Gasteiger charge is -2.17. The highest BCUT2D eigenvalue weighted by Gasteiger charge is 2.34. The predicted octanol–water partition coefficient (Wildman–Crippen LogP) is 1.73. The molecule has 1 aliphatic heterocycles. The van der Waals surface area contributed by atoms with Gasteiger partial charge in [0.15, 0.2) is 0 Å². The van der Waals surface area contributed by atoms with Crippen LogP contribution in [0.25, 0.3) is 0 Å². The average Bonchev–Trinajstić information content (AvgIpc) is 2.01. The first kappa shape index (κ1) is 10.2. The summed E-state index contributed by atoms with van der Waals surface area (Å²) >= 11 is 0. The molecule has 0 aromatic heterocycles. The van der Waals surface area contributed by atoms with Gasteiger partial charge in [-0.1, -0.05) is 20.8 Å². The Morgan fingerprint density at radius 2 is 1.92 bits per heavy atom. The Balaban J connectivity index is 2.72. The minimum Gasteiger partial charge on any atom is -0.312 e. The fourth-order valence-electron chi connectivity index (χ4n) is 1.29. The molecule has 0 aromatic carbocycles. The molecule has 1 amide bonds. The number of rotatable bonds is 1. The maximum Gasteiger partial charge on any atom is 0.252 e. The smallest absolute Gasteiger partial charge is 0.252 e. The molecule has 0 unspecified atom stereocenters. The number of carbonyl (C=O) groups is 1. The van der Waals surface area contributed by atoms with Gasteiger partial charge in [0.1, 0.15) is 11.4 Å². The van der Waals surface area contributed by atoms with E-state index in [1.807, 2.05) is 13.8 Å². The predicted molar refractivity (Wildman–Crippen MR) is 53.7 cm³/mol. The third kappa shape index (κ3) is 2.54. The minimum absolute atomic E-state index is 0.00625. The molecule has 0 spiro atoms. The van der Waals surface area contributed by atoms with E-state index >= 15 is 0 Å². The van der Waals surface area contributed by atoms with Crippen molar-refractivity contribution in [3.05, 3.63) is 0 Å². The molecule has 1 aliphatic rings. The second-order valence-electron chi connectivity index (χ2n) is 5.31. The molecule has 13 heavy (non-hydrogen) atoms. The monoisotopic (exact) mass is 182 g/mol. The average molecular weight is 182 g/mol. The first-order valence-corrected chi connectivity index (χ1v) is 4.61. The van der Waals surface area contributed by atoms with Gasteiger partial charge in [0.05, 0.1) is 0 Å². The first-order valence-electron chi connectivity index (χ1n) is 4.61. The highest BCUT2D eigenvalue weighted by Crippen LogP contribution is 2.23. The van der Waals surface area contributed by atoms with Gasteiger partial charge in [-0.3, -0.25) is 9.79 Å². The zero-order chi connectivity index (χ0) is 10.3. The summed E-state index contributed by atoms with van der Waals surface area (Å²) < 4.78 is 0. The Kier molecular flexibility index (Phi) is 2.22. The molecule has 3 nitrogen and oxygen atoms in total. The van der Waals surface area contributed by atoms with Crippen molar-refractivity contribution < 1.29 is 4.79 Å². The van der Waals surface area contributed by atoms with Gasteiger partial charge in [0.25, 0.3) is 5.91 Å². The van der Waals surface area contributed by atoms with E-state index in [1.165, 1.54) is 0 Å². The van der Waals surface area contributed by atoms with E-state index in [0.717, 1.165) is 12.3 Å². The quantitative estimate of drug-likeness (QED) is 0.659. The van der Waals surface area contributed by atoms with Crippen LogP contribution in [0.4, 0.5) is 0 Å². The maximum atomic E-state index is 11.4. The number of aliphatic imine (C=N–C) groups is 1. The van der Waals surface area contributed by atoms with Crippen LogP contribution < -0.4 is 5.32 Å². The van der Waals surface area contributed by atoms with E-state index in [0.29, 0.717) is 0 Å². The number of nitrogens with one attached hydrogen (secondary N) is 1. The number of hydrogen-bond acceptors (Lipinski definition) is 2. The number of amides is 1. The van der Waals surface area contributed by atoms with Gasteiger partial charge in [0, 0.05) is 6.42 Å². The summed E-state index contributed by atoms with van der Waals surface area (Å²) in [7, 11) is 0. The summed E-state index contributed by atoms with van der Waals surface area (Å²) in [6.45, 7) is 10.1. The summed E-state index contributed by atoms with van der Waals surface area (Å²) in [6.07, 6.45) is 0.822. The molecular formula is C10H18N2O. The summed E-state index contributed by atoms with van der Waals surface area (Å²) in [6, 6.07) is 0. The van der Waals surface area contributed by atoms with Gasteiger partial charge >= 0.3 is 0 Å². The lowest BCUT2D eigenvalue weighted by atomic mass is 9.92. The fraction of sp³-hybridized carbons (Fsp3) is 0.800. The Morgan fingerprint density at radius 1 is 1.38 bits per heavy atom. The number of nitrogens with zero attached hydrogens (tertiary/aromatic N) is 1. The first-order chi connectivity index (χ1) is 5.71. The van der Waals surface area contributed by atoms with Crippen LogP contribution in [-0.4, -0.2) is 17.3 Å². The van der Waals surface area contributed by atoms with E-state index in [2.05, 4.69) is 31.1 Å². The molecule has 0 fully saturated rings. The van der Waals surface area contributed by atoms with Crippen molar-refractivity contribution in [1.29, 1.82) is 0 Å². The molecule has 1 N–H and O–H groups in total. The van der Waals surface area contributed by atoms with Gasteiger partial charge in [-0.25, -0.2) is 0 Å². The highest BCUT2D eigenvalue weighted by molar-refractivity contribution is 6.07. The second kappa shape index (κ2) is 2.82. The minimum atomic E-state index is -0.569. The van der Waals surface area contributed by atoms with Gasteiger partial charge in [-0.2, -0.15) is 0 Å². The summed E-state index contributed by atoms with van der Waals surface area (Å²) in [5.74, 6) is 0.828. The van der Waals surface area contributed by atoms with Crippen molar-refractivity contribution >= 4 is 11.7 Å². The largest absolute Gasteiger partial charge is 0.312 e. The maximum absolute atomic E-state index is 11.4. The standard InChI is InChI=1S/C10H18N2O/c1-9(2,3)6-7-11-8(13)10(4,5)12-7/h6H2,1-5H3,(H,11,12,13). The number of amidine groups is 1. The highest BCUT2D eigenvalue weighted by atomic mass is 16.2. The van der Waals surface area contributed by atoms with E-state index in [9.17, 15) is 4.79 Å². The molecule has 0 saturated carbocycles. The fourth-order valence-corrected chi connectivity index (χ4v) is 1.29. The molecule has 0 atom stereocenters. The summed E-state index contributed by atoms with van der Waals surface area (Å²) in [5, 5.41) is 2.81. The van der Waals surface area contributed by atoms with Crippen molar-refractivity contribution in [2.45, 2.75) is 46.6 Å². The van der Waals surface area contributed by atoms with E-state index in [1.54, 1.807) is 0 Å². The molecule has 1 rings (SSSR count). The van der Waals surface area contributed by atoms with Crippen molar-refractivity contribution in [3.63, 3.8) is 0 Å². The Hall–Kier alpha value is -0.860. The molecule has 74 valence electrons. The molecule has 0 saturated heterocycles. The third-order valence-electron chi connectivity index (χ3n) is 1.93. The van der Waals surface area contributed by atoms with Gasteiger partial charge in [0.2, 0.25) is 0 Å². The van der Waals surface area contributed by atoms with Crippen molar-refractivity contribution in [3.8, 4) is 0 Å². The molecule has 0 radical (unpaired) electrons. The lowest BCUT2D eigenvalue weighted by molar-refractivity contribution is -0.122. The van der Waals surface area contributed by atoms with Crippen LogP contribution in [0.2, 0.25) is 0 Å². The van der Waals surface area contributed by atoms with E-state index < -0.39 is 5.54 Å². The zero-order valence-electron chi connectivity index (χ0n) is 9.06. The molecule has 0 aliphatic carbocycles. The van der Waals surface area contributed by atoms with Crippen LogP contribution in [0.5, 0.6) is 0 Å². The second-order valence-corrected chi connectivity index (χ2v) is 5.31. The third-order valence-corrected chi connectivity index (χ3v) is 1.93. The van der Waals surface area contributed by atoms with Crippen LogP contribution in [0.3, 0.4) is 0 Å². The molecule has 1 heterocycles. The lowest BCUT2D eigenvalue weighted by Crippen LogP contribution is -2.35. The van der Waals surface area contributed by atoms with Crippen LogP contribution in [0.15, 0.2) is 4.99 Å². The van der Waals surface area contributed by atoms with Crippen molar-refractivity contribution in [1.82, 2.24) is 5.32 Å². The van der Waals surface area contributed by atoms with Gasteiger partial charge < -0.3 is 5.32 Å². The normalized spacial score (nSPS) is 21.3. The molecule has 0 bridgehead atoms. The summed E-state index contributed by atoms with van der Waals surface area (Å²) in [5.41, 5.74) is -0.396. The topological polar surface area (TPSA) is 41.5 Å². The number of carbonyl (C=O) groups excluding carboxylic acids is 1. The SMILES string of the molecule is CC(C)(C)CC1=NC(C)(C)C(=O)N1. The van der Waals surface area contributed by atoms with Gasteiger partial charge in [-0.15, -0.1) is 0 Å².